The van der Waals surface area contributed by atoms with E-state index in [2.05, 4.69) is 5.32 Å². The molecule has 0 rings (SSSR count). The molecule has 0 unspecified atom stereocenters. The average Bonchev–Trinajstić information content (AvgIpc) is 2.04. The molecule has 3 N–H and O–H groups in total. The van der Waals surface area contributed by atoms with Gasteiger partial charge in [-0.05, 0) is 12.8 Å². The van der Waals surface area contributed by atoms with E-state index in [0.29, 0.717) is 24.5 Å². The second kappa shape index (κ2) is 6.04. The fourth-order valence-electron chi connectivity index (χ4n) is 0.614. The minimum absolute atomic E-state index is 0.624. The van der Waals surface area contributed by atoms with Crippen LogP contribution in [0.25, 0.3) is 0 Å². The Balaban J connectivity index is 3.27. The van der Waals surface area contributed by atoms with E-state index in [1.807, 2.05) is 13.8 Å². The summed E-state index contributed by atoms with van der Waals surface area (Å²) < 4.78 is 0. The smallest absolute Gasteiger partial charge is 0.0336 e. The van der Waals surface area contributed by atoms with Crippen molar-refractivity contribution in [2.45, 2.75) is 26.7 Å². The Kier molecular flexibility index (Phi) is 5.65. The molecule has 0 amide bonds. The Morgan fingerprint density at radius 1 is 1.00 bits per heavy atom. The molecule has 0 heterocycles. The van der Waals surface area contributed by atoms with Crippen LogP contribution in [0.5, 0.6) is 0 Å². The fourth-order valence-corrected chi connectivity index (χ4v) is 0.614. The molecule has 0 aliphatic carbocycles. The molecule has 3 nitrogen and oxygen atoms in total. The van der Waals surface area contributed by atoms with Gasteiger partial charge in [-0.3, -0.25) is 0 Å². The van der Waals surface area contributed by atoms with Crippen molar-refractivity contribution in [1.29, 1.82) is 10.8 Å². The van der Waals surface area contributed by atoms with Crippen LogP contribution in [0.15, 0.2) is 0 Å². The molecular weight excluding hydrogens is 138 g/mol. The molecule has 0 aromatic rings. The highest BCUT2D eigenvalue weighted by atomic mass is 14.9. The topological polar surface area (TPSA) is 59.7 Å². The summed E-state index contributed by atoms with van der Waals surface area (Å²) in [5.41, 5.74) is 1.41. The maximum absolute atomic E-state index is 7.31. The largest absolute Gasteiger partial charge is 0.308 e. The Morgan fingerprint density at radius 2 is 1.36 bits per heavy atom. The maximum atomic E-state index is 7.31. The van der Waals surface area contributed by atoms with Gasteiger partial charge in [0.15, 0.2) is 0 Å². The highest BCUT2D eigenvalue weighted by Gasteiger charge is 1.94. The van der Waals surface area contributed by atoms with Crippen molar-refractivity contribution < 1.29 is 0 Å². The van der Waals surface area contributed by atoms with Gasteiger partial charge in [-0.25, -0.2) is 0 Å². The molecule has 0 aromatic heterocycles. The van der Waals surface area contributed by atoms with Crippen molar-refractivity contribution in [3.8, 4) is 0 Å². The summed E-state index contributed by atoms with van der Waals surface area (Å²) in [7, 11) is 0. The van der Waals surface area contributed by atoms with Crippen LogP contribution < -0.4 is 5.32 Å². The Hall–Kier alpha value is -0.700. The molecule has 11 heavy (non-hydrogen) atoms. The Bertz CT molecular complexity index is 124. The SMILES string of the molecule is CCC(=N)CNCC(=N)CC. The third kappa shape index (κ3) is 5.73. The van der Waals surface area contributed by atoms with E-state index in [-0.39, 0.29) is 0 Å². The molecule has 0 atom stereocenters. The van der Waals surface area contributed by atoms with Crippen molar-refractivity contribution in [2.24, 2.45) is 0 Å². The van der Waals surface area contributed by atoms with Gasteiger partial charge in [-0.1, -0.05) is 13.8 Å². The molecule has 0 aromatic carbocycles. The number of rotatable bonds is 6. The first-order valence-corrected chi connectivity index (χ1v) is 4.04. The van der Waals surface area contributed by atoms with Gasteiger partial charge < -0.3 is 16.1 Å². The molecule has 0 saturated heterocycles. The lowest BCUT2D eigenvalue weighted by Crippen LogP contribution is -2.27. The average molecular weight is 155 g/mol. The standard InChI is InChI=1S/C8H17N3/c1-3-7(9)5-11-6-8(10)4-2/h9-11H,3-6H2,1-2H3. The van der Waals surface area contributed by atoms with E-state index in [1.54, 1.807) is 0 Å². The van der Waals surface area contributed by atoms with Crippen LogP contribution in [0.3, 0.4) is 0 Å². The molecule has 0 saturated carbocycles. The summed E-state index contributed by atoms with van der Waals surface area (Å²) >= 11 is 0. The van der Waals surface area contributed by atoms with Crippen LogP contribution in [-0.4, -0.2) is 24.5 Å². The van der Waals surface area contributed by atoms with Gasteiger partial charge in [-0.2, -0.15) is 0 Å². The van der Waals surface area contributed by atoms with E-state index in [1.165, 1.54) is 0 Å². The summed E-state index contributed by atoms with van der Waals surface area (Å²) in [6.07, 6.45) is 1.60. The lowest BCUT2D eigenvalue weighted by Gasteiger charge is -2.03. The first kappa shape index (κ1) is 10.3. The zero-order chi connectivity index (χ0) is 8.69. The summed E-state index contributed by atoms with van der Waals surface area (Å²) in [6, 6.07) is 0. The first-order chi connectivity index (χ1) is 5.20. The molecule has 64 valence electrons. The maximum Gasteiger partial charge on any atom is 0.0336 e. The van der Waals surface area contributed by atoms with Gasteiger partial charge in [0.05, 0.1) is 0 Å². The van der Waals surface area contributed by atoms with Gasteiger partial charge in [-0.15, -0.1) is 0 Å². The molecule has 0 bridgehead atoms. The predicted octanol–water partition coefficient (Wildman–Crippen LogP) is 1.44. The third-order valence-corrected chi connectivity index (χ3v) is 1.53. The van der Waals surface area contributed by atoms with Gasteiger partial charge in [0.1, 0.15) is 0 Å². The van der Waals surface area contributed by atoms with E-state index in [0.717, 1.165) is 12.8 Å². The fraction of sp³-hybridized carbons (Fsp3) is 0.750. The summed E-state index contributed by atoms with van der Waals surface area (Å²) in [6.45, 7) is 5.18. The zero-order valence-corrected chi connectivity index (χ0v) is 7.33. The molecule has 0 aliphatic rings. The van der Waals surface area contributed by atoms with Gasteiger partial charge in [0.25, 0.3) is 0 Å². The van der Waals surface area contributed by atoms with Crippen LogP contribution in [0, 0.1) is 10.8 Å². The van der Waals surface area contributed by atoms with Crippen molar-refractivity contribution in [1.82, 2.24) is 5.32 Å². The molecule has 0 radical (unpaired) electrons. The van der Waals surface area contributed by atoms with Crippen LogP contribution >= 0.6 is 0 Å². The van der Waals surface area contributed by atoms with Crippen molar-refractivity contribution in [3.63, 3.8) is 0 Å². The summed E-state index contributed by atoms with van der Waals surface area (Å²) in [4.78, 5) is 0. The number of hydrogen-bond donors (Lipinski definition) is 3. The van der Waals surface area contributed by atoms with Gasteiger partial charge in [0.2, 0.25) is 0 Å². The second-order valence-corrected chi connectivity index (χ2v) is 2.52. The molecule has 0 fully saturated rings. The van der Waals surface area contributed by atoms with Crippen molar-refractivity contribution in [2.75, 3.05) is 13.1 Å². The zero-order valence-electron chi connectivity index (χ0n) is 7.33. The lowest BCUT2D eigenvalue weighted by molar-refractivity contribution is 0.856. The van der Waals surface area contributed by atoms with E-state index < -0.39 is 0 Å². The minimum atomic E-state index is 0.624. The van der Waals surface area contributed by atoms with Gasteiger partial charge >= 0.3 is 0 Å². The lowest BCUT2D eigenvalue weighted by atomic mass is 10.2. The highest BCUT2D eigenvalue weighted by molar-refractivity contribution is 5.85. The molecule has 3 heteroatoms. The van der Waals surface area contributed by atoms with E-state index in [4.69, 9.17) is 10.8 Å². The molecular formula is C8H17N3. The van der Waals surface area contributed by atoms with Crippen LogP contribution in [-0.2, 0) is 0 Å². The van der Waals surface area contributed by atoms with E-state index >= 15 is 0 Å². The normalized spacial score (nSPS) is 9.64. The Morgan fingerprint density at radius 3 is 1.64 bits per heavy atom. The number of nitrogens with one attached hydrogen (secondary N) is 3. The van der Waals surface area contributed by atoms with Crippen LogP contribution in [0.1, 0.15) is 26.7 Å². The third-order valence-electron chi connectivity index (χ3n) is 1.53. The highest BCUT2D eigenvalue weighted by Crippen LogP contribution is 1.80. The molecule has 0 spiro atoms. The monoisotopic (exact) mass is 155 g/mol. The minimum Gasteiger partial charge on any atom is -0.308 e. The number of hydrogen-bond acceptors (Lipinski definition) is 3. The van der Waals surface area contributed by atoms with Crippen LogP contribution in [0.4, 0.5) is 0 Å². The first-order valence-electron chi connectivity index (χ1n) is 4.04. The van der Waals surface area contributed by atoms with E-state index in [9.17, 15) is 0 Å². The quantitative estimate of drug-likeness (QED) is 0.499. The van der Waals surface area contributed by atoms with Crippen LogP contribution in [0.2, 0.25) is 0 Å². The summed E-state index contributed by atoms with van der Waals surface area (Å²) in [5.74, 6) is 0. The van der Waals surface area contributed by atoms with Crippen molar-refractivity contribution in [3.05, 3.63) is 0 Å². The second-order valence-electron chi connectivity index (χ2n) is 2.52. The summed E-state index contributed by atoms with van der Waals surface area (Å²) in [5, 5.41) is 17.6. The molecule has 0 aliphatic heterocycles. The van der Waals surface area contributed by atoms with Crippen molar-refractivity contribution >= 4 is 11.4 Å². The van der Waals surface area contributed by atoms with Gasteiger partial charge in [0, 0.05) is 24.5 Å². The Labute approximate surface area is 68.2 Å². The predicted molar refractivity (Wildman–Crippen MR) is 48.9 cm³/mol.